The normalized spacial score (nSPS) is 14.5. The van der Waals surface area contributed by atoms with Crippen LogP contribution in [-0.4, -0.2) is 59.4 Å². The summed E-state index contributed by atoms with van der Waals surface area (Å²) < 4.78 is 5.03. The summed E-state index contributed by atoms with van der Waals surface area (Å²) in [6.45, 7) is 3.99. The molecule has 0 radical (unpaired) electrons. The van der Waals surface area contributed by atoms with E-state index >= 15 is 0 Å². The highest BCUT2D eigenvalue weighted by atomic mass is 32.2. The van der Waals surface area contributed by atoms with Gasteiger partial charge in [-0.25, -0.2) is 4.79 Å². The second kappa shape index (κ2) is 9.23. The van der Waals surface area contributed by atoms with E-state index in [1.165, 1.54) is 6.92 Å². The Morgan fingerprint density at radius 3 is 2.77 bits per heavy atom. The van der Waals surface area contributed by atoms with E-state index in [2.05, 4.69) is 10.6 Å². The SMILES string of the molecule is Cc1cccc(NC(=O)CSCC(=O)O[C@@H](C)C(=O)N2CCNC2=O)c1. The molecule has 2 rings (SSSR count). The van der Waals surface area contributed by atoms with Gasteiger partial charge in [0.2, 0.25) is 5.91 Å². The molecule has 0 spiro atoms. The summed E-state index contributed by atoms with van der Waals surface area (Å²) in [7, 11) is 0. The van der Waals surface area contributed by atoms with Crippen molar-refractivity contribution in [3.8, 4) is 0 Å². The molecule has 2 N–H and O–H groups in total. The number of carbonyl (C=O) groups is 4. The summed E-state index contributed by atoms with van der Waals surface area (Å²) in [4.78, 5) is 48.1. The molecule has 8 nitrogen and oxygen atoms in total. The number of urea groups is 1. The summed E-state index contributed by atoms with van der Waals surface area (Å²) in [5, 5.41) is 5.25. The van der Waals surface area contributed by atoms with E-state index in [4.69, 9.17) is 4.74 Å². The molecule has 0 aliphatic carbocycles. The van der Waals surface area contributed by atoms with Gasteiger partial charge in [0.15, 0.2) is 6.10 Å². The lowest BCUT2D eigenvalue weighted by Gasteiger charge is -2.18. The summed E-state index contributed by atoms with van der Waals surface area (Å²) in [5.74, 6) is -1.38. The number of imide groups is 1. The van der Waals surface area contributed by atoms with Gasteiger partial charge in [0.05, 0.1) is 11.5 Å². The van der Waals surface area contributed by atoms with Crippen molar-refractivity contribution in [1.29, 1.82) is 0 Å². The molecule has 1 heterocycles. The highest BCUT2D eigenvalue weighted by molar-refractivity contribution is 8.00. The standard InChI is InChI=1S/C17H21N3O5S/c1-11-4-3-5-13(8-11)19-14(21)9-26-10-15(22)25-12(2)16(23)20-7-6-18-17(20)24/h3-5,8,12H,6-7,9-10H2,1-2H3,(H,18,24)(H,19,21)/t12-/m0/s1. The molecule has 0 unspecified atom stereocenters. The molecular formula is C17H21N3O5S. The highest BCUT2D eigenvalue weighted by Gasteiger charge is 2.31. The first-order chi connectivity index (χ1) is 12.4. The van der Waals surface area contributed by atoms with E-state index < -0.39 is 24.0 Å². The van der Waals surface area contributed by atoms with Crippen LogP contribution in [0.3, 0.4) is 0 Å². The number of hydrogen-bond acceptors (Lipinski definition) is 6. The Kier molecular flexibility index (Phi) is 7.02. The number of esters is 1. The molecule has 0 bridgehead atoms. The number of thioether (sulfide) groups is 1. The van der Waals surface area contributed by atoms with Crippen molar-refractivity contribution in [2.45, 2.75) is 20.0 Å². The lowest BCUT2D eigenvalue weighted by atomic mass is 10.2. The van der Waals surface area contributed by atoms with E-state index in [-0.39, 0.29) is 24.0 Å². The largest absolute Gasteiger partial charge is 0.452 e. The lowest BCUT2D eigenvalue weighted by Crippen LogP contribution is -2.42. The van der Waals surface area contributed by atoms with Gasteiger partial charge in [-0.05, 0) is 31.5 Å². The quantitative estimate of drug-likeness (QED) is 0.689. The van der Waals surface area contributed by atoms with E-state index in [0.717, 1.165) is 22.2 Å². The van der Waals surface area contributed by atoms with Crippen LogP contribution in [0.25, 0.3) is 0 Å². The summed E-state index contributed by atoms with van der Waals surface area (Å²) in [6.07, 6.45) is -1.05. The first-order valence-corrected chi connectivity index (χ1v) is 9.25. The van der Waals surface area contributed by atoms with Gasteiger partial charge >= 0.3 is 12.0 Å². The third-order valence-corrected chi connectivity index (χ3v) is 4.44. The Morgan fingerprint density at radius 1 is 1.35 bits per heavy atom. The minimum Gasteiger partial charge on any atom is -0.452 e. The lowest BCUT2D eigenvalue weighted by molar-refractivity contribution is -0.155. The van der Waals surface area contributed by atoms with Crippen molar-refractivity contribution in [3.63, 3.8) is 0 Å². The van der Waals surface area contributed by atoms with E-state index in [1.807, 2.05) is 25.1 Å². The van der Waals surface area contributed by atoms with E-state index in [0.29, 0.717) is 12.2 Å². The summed E-state index contributed by atoms with van der Waals surface area (Å²) in [5.41, 5.74) is 1.73. The number of aryl methyl sites for hydroxylation is 1. The van der Waals surface area contributed by atoms with Gasteiger partial charge < -0.3 is 15.4 Å². The monoisotopic (exact) mass is 379 g/mol. The molecule has 140 valence electrons. The maximum absolute atomic E-state index is 12.0. The van der Waals surface area contributed by atoms with Crippen LogP contribution in [0.15, 0.2) is 24.3 Å². The third-order valence-electron chi connectivity index (χ3n) is 3.53. The summed E-state index contributed by atoms with van der Waals surface area (Å²) in [6, 6.07) is 6.91. The molecule has 9 heteroatoms. The molecule has 1 aromatic carbocycles. The number of ether oxygens (including phenoxy) is 1. The number of amides is 4. The zero-order chi connectivity index (χ0) is 19.1. The van der Waals surface area contributed by atoms with Crippen LogP contribution >= 0.6 is 11.8 Å². The second-order valence-electron chi connectivity index (χ2n) is 5.76. The van der Waals surface area contributed by atoms with Gasteiger partial charge in [-0.1, -0.05) is 12.1 Å². The van der Waals surface area contributed by atoms with Crippen molar-refractivity contribution in [2.24, 2.45) is 0 Å². The molecule has 0 saturated carbocycles. The third kappa shape index (κ3) is 5.76. The van der Waals surface area contributed by atoms with Crippen LogP contribution in [0.1, 0.15) is 12.5 Å². The molecule has 1 aliphatic rings. The number of nitrogens with one attached hydrogen (secondary N) is 2. The first-order valence-electron chi connectivity index (χ1n) is 8.10. The Bertz CT molecular complexity index is 709. The highest BCUT2D eigenvalue weighted by Crippen LogP contribution is 2.11. The van der Waals surface area contributed by atoms with Crippen LogP contribution in [-0.2, 0) is 19.1 Å². The fourth-order valence-electron chi connectivity index (χ4n) is 2.33. The average Bonchev–Trinajstić information content (AvgIpc) is 3.00. The van der Waals surface area contributed by atoms with Crippen LogP contribution in [0.5, 0.6) is 0 Å². The van der Waals surface area contributed by atoms with Crippen LogP contribution in [0.4, 0.5) is 10.5 Å². The minimum absolute atomic E-state index is 0.0644. The Labute approximate surface area is 155 Å². The molecule has 26 heavy (non-hydrogen) atoms. The second-order valence-corrected chi connectivity index (χ2v) is 6.75. The predicted octanol–water partition coefficient (Wildman–Crippen LogP) is 1.15. The summed E-state index contributed by atoms with van der Waals surface area (Å²) >= 11 is 1.09. The van der Waals surface area contributed by atoms with E-state index in [9.17, 15) is 19.2 Å². The zero-order valence-corrected chi connectivity index (χ0v) is 15.4. The first kappa shape index (κ1) is 19.8. The molecule has 1 fully saturated rings. The molecule has 1 aromatic rings. The molecule has 4 amide bonds. The topological polar surface area (TPSA) is 105 Å². The van der Waals surface area contributed by atoms with Crippen molar-refractivity contribution < 1.29 is 23.9 Å². The van der Waals surface area contributed by atoms with Gasteiger partial charge in [-0.3, -0.25) is 19.3 Å². The van der Waals surface area contributed by atoms with Gasteiger partial charge in [0.1, 0.15) is 0 Å². The number of anilines is 1. The fraction of sp³-hybridized carbons (Fsp3) is 0.412. The number of rotatable bonds is 7. The molecule has 0 aromatic heterocycles. The van der Waals surface area contributed by atoms with Gasteiger partial charge in [0.25, 0.3) is 5.91 Å². The molecule has 1 saturated heterocycles. The van der Waals surface area contributed by atoms with E-state index in [1.54, 1.807) is 6.07 Å². The van der Waals surface area contributed by atoms with Crippen molar-refractivity contribution in [2.75, 3.05) is 29.9 Å². The molecule has 1 atom stereocenters. The van der Waals surface area contributed by atoms with Crippen molar-refractivity contribution >= 4 is 41.3 Å². The van der Waals surface area contributed by atoms with Crippen LogP contribution in [0.2, 0.25) is 0 Å². The zero-order valence-electron chi connectivity index (χ0n) is 14.6. The Morgan fingerprint density at radius 2 is 2.12 bits per heavy atom. The smallest absolute Gasteiger partial charge is 0.324 e. The van der Waals surface area contributed by atoms with Gasteiger partial charge in [-0.15, -0.1) is 11.8 Å². The van der Waals surface area contributed by atoms with Crippen LogP contribution < -0.4 is 10.6 Å². The Balaban J connectivity index is 1.68. The van der Waals surface area contributed by atoms with Gasteiger partial charge in [0, 0.05) is 18.8 Å². The number of hydrogen-bond donors (Lipinski definition) is 2. The minimum atomic E-state index is -1.05. The Hall–Kier alpha value is -2.55. The number of benzene rings is 1. The number of nitrogens with zero attached hydrogens (tertiary/aromatic N) is 1. The molecule has 1 aliphatic heterocycles. The van der Waals surface area contributed by atoms with Crippen LogP contribution in [0, 0.1) is 6.92 Å². The maximum atomic E-state index is 12.0. The van der Waals surface area contributed by atoms with Crippen molar-refractivity contribution in [3.05, 3.63) is 29.8 Å². The fourth-order valence-corrected chi connectivity index (χ4v) is 2.92. The number of carbonyl (C=O) groups excluding carboxylic acids is 4. The van der Waals surface area contributed by atoms with Gasteiger partial charge in [-0.2, -0.15) is 0 Å². The molecular weight excluding hydrogens is 358 g/mol. The predicted molar refractivity (Wildman–Crippen MR) is 97.8 cm³/mol. The maximum Gasteiger partial charge on any atom is 0.324 e. The van der Waals surface area contributed by atoms with Crippen molar-refractivity contribution in [1.82, 2.24) is 10.2 Å². The average molecular weight is 379 g/mol.